The van der Waals surface area contributed by atoms with Gasteiger partial charge in [-0.3, -0.25) is 14.7 Å². The Morgan fingerprint density at radius 1 is 1.06 bits per heavy atom. The number of aliphatic imine (C=N–C) groups is 1. The Balaban J connectivity index is 1.37. The Labute approximate surface area is 186 Å². The molecule has 0 radical (unpaired) electrons. The molecule has 0 saturated carbocycles. The number of carbonyl (C=O) groups is 1. The number of rotatable bonds is 9. The van der Waals surface area contributed by atoms with E-state index in [1.54, 1.807) is 11.9 Å². The summed E-state index contributed by atoms with van der Waals surface area (Å²) in [5.41, 5.74) is 2.50. The van der Waals surface area contributed by atoms with E-state index in [4.69, 9.17) is 0 Å². The summed E-state index contributed by atoms with van der Waals surface area (Å²) in [6, 6.07) is 21.2. The monoisotopic (exact) mass is 421 g/mol. The normalized spacial score (nSPS) is 16.8. The van der Waals surface area contributed by atoms with Gasteiger partial charge in [0.25, 0.3) is 0 Å². The summed E-state index contributed by atoms with van der Waals surface area (Å²) in [6.45, 7) is 4.17. The van der Waals surface area contributed by atoms with Crippen LogP contribution in [0.25, 0.3) is 0 Å². The van der Waals surface area contributed by atoms with E-state index in [1.165, 1.54) is 18.4 Å². The Hall–Kier alpha value is -2.86. The number of guanidine groups is 1. The minimum atomic E-state index is 0.122. The number of hydrogen-bond acceptors (Lipinski definition) is 3. The van der Waals surface area contributed by atoms with Crippen LogP contribution in [0.5, 0.6) is 0 Å². The third-order valence-electron chi connectivity index (χ3n) is 5.78. The van der Waals surface area contributed by atoms with Crippen molar-refractivity contribution in [2.45, 2.75) is 38.4 Å². The fraction of sp³-hybridized carbons (Fsp3) is 0.440. The number of likely N-dealkylation sites (tertiary alicyclic amines) is 1. The molecule has 0 aromatic heterocycles. The van der Waals surface area contributed by atoms with E-state index in [-0.39, 0.29) is 5.91 Å². The largest absolute Gasteiger partial charge is 0.356 e. The zero-order chi connectivity index (χ0) is 21.9. The molecule has 6 nitrogen and oxygen atoms in total. The fourth-order valence-electron chi connectivity index (χ4n) is 4.01. The van der Waals surface area contributed by atoms with Crippen LogP contribution >= 0.6 is 0 Å². The average Bonchev–Trinajstić information content (AvgIpc) is 3.24. The van der Waals surface area contributed by atoms with E-state index in [0.29, 0.717) is 25.6 Å². The summed E-state index contributed by atoms with van der Waals surface area (Å²) in [6.07, 6.45) is 2.86. The second-order valence-corrected chi connectivity index (χ2v) is 8.12. The maximum atomic E-state index is 12.4. The molecule has 0 aliphatic carbocycles. The highest BCUT2D eigenvalue weighted by atomic mass is 16.2. The zero-order valence-corrected chi connectivity index (χ0v) is 18.8. The summed E-state index contributed by atoms with van der Waals surface area (Å²) in [5.74, 6) is 0.877. The molecule has 1 amide bonds. The summed E-state index contributed by atoms with van der Waals surface area (Å²) >= 11 is 0. The van der Waals surface area contributed by atoms with Crippen molar-refractivity contribution in [1.82, 2.24) is 20.4 Å². The Kier molecular flexibility index (Phi) is 8.91. The predicted octanol–water partition coefficient (Wildman–Crippen LogP) is 2.86. The molecule has 166 valence electrons. The second-order valence-electron chi connectivity index (χ2n) is 8.12. The summed E-state index contributed by atoms with van der Waals surface area (Å²) in [4.78, 5) is 21.0. The van der Waals surface area contributed by atoms with Crippen LogP contribution in [0.1, 0.15) is 30.4 Å². The Morgan fingerprint density at radius 2 is 1.74 bits per heavy atom. The summed E-state index contributed by atoms with van der Waals surface area (Å²) < 4.78 is 0. The minimum Gasteiger partial charge on any atom is -0.356 e. The molecule has 6 heteroatoms. The predicted molar refractivity (Wildman–Crippen MR) is 127 cm³/mol. The smallest absolute Gasteiger partial charge is 0.224 e. The molecule has 31 heavy (non-hydrogen) atoms. The molecule has 1 aliphatic rings. The molecule has 1 fully saturated rings. The molecule has 1 atom stereocenters. The maximum Gasteiger partial charge on any atom is 0.224 e. The number of amides is 1. The molecular weight excluding hydrogens is 386 g/mol. The van der Waals surface area contributed by atoms with Gasteiger partial charge in [-0.2, -0.15) is 0 Å². The third-order valence-corrected chi connectivity index (χ3v) is 5.78. The molecule has 3 rings (SSSR count). The molecule has 2 aromatic rings. The van der Waals surface area contributed by atoms with Gasteiger partial charge in [-0.1, -0.05) is 60.7 Å². The van der Waals surface area contributed by atoms with Crippen LogP contribution in [0.4, 0.5) is 0 Å². The molecule has 1 aliphatic heterocycles. The van der Waals surface area contributed by atoms with Crippen molar-refractivity contribution in [2.75, 3.05) is 33.7 Å². The van der Waals surface area contributed by atoms with Crippen molar-refractivity contribution >= 4 is 11.9 Å². The number of nitrogens with one attached hydrogen (secondary N) is 2. The van der Waals surface area contributed by atoms with Crippen molar-refractivity contribution in [3.05, 3.63) is 71.8 Å². The lowest BCUT2D eigenvalue weighted by molar-refractivity contribution is -0.130. The number of benzene rings is 2. The summed E-state index contributed by atoms with van der Waals surface area (Å²) in [7, 11) is 3.62. The van der Waals surface area contributed by atoms with Crippen molar-refractivity contribution in [2.24, 2.45) is 4.99 Å². The van der Waals surface area contributed by atoms with Crippen molar-refractivity contribution in [1.29, 1.82) is 0 Å². The molecule has 2 N–H and O–H groups in total. The van der Waals surface area contributed by atoms with Crippen LogP contribution in [0.15, 0.2) is 65.7 Å². The lowest BCUT2D eigenvalue weighted by atomic mass is 10.2. The Morgan fingerprint density at radius 3 is 2.42 bits per heavy atom. The van der Waals surface area contributed by atoms with Gasteiger partial charge in [0.05, 0.1) is 0 Å². The Bertz CT molecular complexity index is 824. The first-order chi connectivity index (χ1) is 15.2. The number of carbonyl (C=O) groups excluding carboxylic acids is 1. The van der Waals surface area contributed by atoms with Crippen LogP contribution < -0.4 is 10.6 Å². The summed E-state index contributed by atoms with van der Waals surface area (Å²) in [5, 5.41) is 6.72. The van der Waals surface area contributed by atoms with Gasteiger partial charge in [0.1, 0.15) is 0 Å². The average molecular weight is 422 g/mol. The SMILES string of the molecule is CN=C(NCCC(=O)N(C)Cc1ccccc1)NCC1CCCN1Cc1ccccc1. The first-order valence-corrected chi connectivity index (χ1v) is 11.2. The molecule has 2 aromatic carbocycles. The highest BCUT2D eigenvalue weighted by Gasteiger charge is 2.24. The van der Waals surface area contributed by atoms with E-state index in [1.807, 2.05) is 37.4 Å². The van der Waals surface area contributed by atoms with Crippen molar-refractivity contribution in [3.8, 4) is 0 Å². The fourth-order valence-corrected chi connectivity index (χ4v) is 4.01. The van der Waals surface area contributed by atoms with E-state index in [2.05, 4.69) is 50.9 Å². The van der Waals surface area contributed by atoms with Gasteiger partial charge in [0, 0.05) is 52.7 Å². The van der Waals surface area contributed by atoms with Crippen LogP contribution in [-0.2, 0) is 17.9 Å². The van der Waals surface area contributed by atoms with Gasteiger partial charge in [-0.05, 0) is 30.5 Å². The highest BCUT2D eigenvalue weighted by molar-refractivity contribution is 5.81. The lowest BCUT2D eigenvalue weighted by Crippen LogP contribution is -2.45. The van der Waals surface area contributed by atoms with E-state index in [9.17, 15) is 4.79 Å². The van der Waals surface area contributed by atoms with Gasteiger partial charge in [0.2, 0.25) is 5.91 Å². The van der Waals surface area contributed by atoms with Crippen LogP contribution in [-0.4, -0.2) is 61.4 Å². The van der Waals surface area contributed by atoms with Gasteiger partial charge >= 0.3 is 0 Å². The van der Waals surface area contributed by atoms with E-state index >= 15 is 0 Å². The molecule has 0 bridgehead atoms. The number of nitrogens with zero attached hydrogens (tertiary/aromatic N) is 3. The topological polar surface area (TPSA) is 60.0 Å². The highest BCUT2D eigenvalue weighted by Crippen LogP contribution is 2.19. The quantitative estimate of drug-likeness (QED) is 0.483. The second kappa shape index (κ2) is 12.1. The molecular formula is C25H35N5O. The standard InChI is InChI=1S/C25H35N5O/c1-26-25(27-16-15-24(31)29(2)19-21-10-5-3-6-11-21)28-18-23-14-9-17-30(23)20-22-12-7-4-8-13-22/h3-8,10-13,23H,9,14-20H2,1-2H3,(H2,26,27,28). The third kappa shape index (κ3) is 7.40. The van der Waals surface area contributed by atoms with Gasteiger partial charge in [-0.15, -0.1) is 0 Å². The van der Waals surface area contributed by atoms with E-state index in [0.717, 1.165) is 31.2 Å². The van der Waals surface area contributed by atoms with Crippen LogP contribution in [0.3, 0.4) is 0 Å². The van der Waals surface area contributed by atoms with Crippen LogP contribution in [0, 0.1) is 0 Å². The van der Waals surface area contributed by atoms with Gasteiger partial charge < -0.3 is 15.5 Å². The van der Waals surface area contributed by atoms with Crippen LogP contribution in [0.2, 0.25) is 0 Å². The van der Waals surface area contributed by atoms with E-state index < -0.39 is 0 Å². The molecule has 1 unspecified atom stereocenters. The van der Waals surface area contributed by atoms with Gasteiger partial charge in [0.15, 0.2) is 5.96 Å². The molecule has 0 spiro atoms. The van der Waals surface area contributed by atoms with Gasteiger partial charge in [-0.25, -0.2) is 0 Å². The lowest BCUT2D eigenvalue weighted by Gasteiger charge is -2.25. The first-order valence-electron chi connectivity index (χ1n) is 11.2. The maximum absolute atomic E-state index is 12.4. The molecule has 1 saturated heterocycles. The number of hydrogen-bond donors (Lipinski definition) is 2. The molecule has 1 heterocycles. The first kappa shape index (κ1) is 22.8. The van der Waals surface area contributed by atoms with Crippen molar-refractivity contribution in [3.63, 3.8) is 0 Å². The zero-order valence-electron chi connectivity index (χ0n) is 18.8. The van der Waals surface area contributed by atoms with Crippen molar-refractivity contribution < 1.29 is 4.79 Å². The minimum absolute atomic E-state index is 0.122.